The van der Waals surface area contributed by atoms with Gasteiger partial charge in [-0.2, -0.15) is 0 Å². The third-order valence-electron chi connectivity index (χ3n) is 21.3. The average molecular weight is 2030 g/mol. The molecule has 830 valence electrons. The van der Waals surface area contributed by atoms with Crippen molar-refractivity contribution in [3.8, 4) is 5.75 Å². The lowest BCUT2D eigenvalue weighted by Crippen LogP contribution is -2.41. The minimum Gasteiger partial charge on any atom is -0.491 e. The van der Waals surface area contributed by atoms with Gasteiger partial charge in [0.25, 0.3) is 0 Å². The Hall–Kier alpha value is -7.37. The Morgan fingerprint density at radius 3 is 1.09 bits per heavy atom. The van der Waals surface area contributed by atoms with E-state index in [1.54, 1.807) is 60.8 Å². The molecule has 1 aliphatic heterocycles. The first kappa shape index (κ1) is 150. The molecular weight excluding hydrogens is 1830 g/mol. The van der Waals surface area contributed by atoms with E-state index in [1.807, 2.05) is 183 Å². The van der Waals surface area contributed by atoms with Crippen molar-refractivity contribution in [2.75, 3.05) is 187 Å². The molecule has 13 atom stereocenters. The summed E-state index contributed by atoms with van der Waals surface area (Å²) < 4.78 is 84.9. The fraction of sp³-hybridized carbons (Fsp3) is 0.835. The van der Waals surface area contributed by atoms with E-state index in [-0.39, 0.29) is 203 Å². The number of esters is 11. The Balaban J connectivity index is -0.000000194. The minimum absolute atomic E-state index is 0.000809. The normalized spacial score (nSPS) is 14.3. The number of benzene rings is 1. The first-order valence-corrected chi connectivity index (χ1v) is 50.0. The number of likely N-dealkylation sites (N-methyl/N-ethyl adjacent to an activating group) is 1. The second-order valence-corrected chi connectivity index (χ2v) is 35.2. The Morgan fingerprint density at radius 1 is 0.379 bits per heavy atom. The molecule has 8 N–H and O–H groups in total. The molecule has 1 fully saturated rings. The fourth-order valence-electron chi connectivity index (χ4n) is 8.05. The molecule has 13 unspecified atom stereocenters. The highest BCUT2D eigenvalue weighted by Crippen LogP contribution is 2.28. The number of carbonyl (C=O) groups excluding carboxylic acids is 11. The molecule has 37 nitrogen and oxygen atoms in total. The molecule has 140 heavy (non-hydrogen) atoms. The number of nitrogens with zero attached hydrogens (tertiary/aromatic N) is 1. The van der Waals surface area contributed by atoms with Crippen LogP contribution in [0.2, 0.25) is 0 Å². The maximum atomic E-state index is 11.6. The first-order valence-electron chi connectivity index (χ1n) is 50.0. The van der Waals surface area contributed by atoms with Gasteiger partial charge in [0.15, 0.2) is 0 Å². The lowest BCUT2D eigenvalue weighted by molar-refractivity contribution is -0.188. The molecule has 37 heteroatoms. The summed E-state index contributed by atoms with van der Waals surface area (Å²) in [6, 6.07) is 9.20. The molecule has 2 rings (SSSR count). The number of aliphatic hydroxyl groups is 8. The standard InChI is InChI=1S/C14H20O4.C12H22O4.C11H22O4.C9H19NO2.C9H18O4.C9H18O3.4C8H16O3.C7H14O3/c1-3-11(2)14(16)18-10-12(15)9-17-13-7-5-4-6-8-13;1-4-10(3)11(13)16-8-12(5-2)6-14-9-15-7-12;1-4-10(3)11(12)15-9-8-14-7-6-13-5-2;1-5-8(2)9(11)12-7-6-10(3)4;1-4-9(2,3)8(12)13-6-7(11)5-10;1-3-8(2)9(11)12-7-5-4-6-10;1-4-8(2,3)7(10)11-6-5-9;1-4-7(2)8(9)11-6-5-10-3;1-4-6(2)8(10)11-5-7(3)9;1-4-6(2)8(10)11-7(3)5-9;1-3-6(2)7(9)10-5-4-8/h4-8,11-12,15H,3,9-10H2,1-2H3;10H,4-9H2,1-3H3;10H,4-9H2,1-3H3;8H,5-7H2,1-4H3;7,10-11H,4-6H2,1-3H3;8,10H,3-7H2,1-2H3;9H,4-6H2,1-3H3;7H,4-6H2,1-3H3;2*6-7,9H,4-5H2,1-3H3;6,8H,3-5H2,1-2H3. The largest absolute Gasteiger partial charge is 0.491 e. The Morgan fingerprint density at radius 2 is 0.729 bits per heavy atom. The topological polar surface area (TPSA) is 510 Å². The Labute approximate surface area is 841 Å². The van der Waals surface area contributed by atoms with Gasteiger partial charge in [-0.3, -0.25) is 52.7 Å². The monoisotopic (exact) mass is 2020 g/mol. The quantitative estimate of drug-likeness (QED) is 0.0171. The fourth-order valence-corrected chi connectivity index (χ4v) is 8.05. The van der Waals surface area contributed by atoms with E-state index in [0.29, 0.717) is 105 Å². The van der Waals surface area contributed by atoms with Gasteiger partial charge in [-0.15, -0.1) is 0 Å². The van der Waals surface area contributed by atoms with Gasteiger partial charge in [0.05, 0.1) is 148 Å². The Bertz CT molecular complexity index is 3100. The summed E-state index contributed by atoms with van der Waals surface area (Å²) in [5, 5.41) is 69.5. The smallest absolute Gasteiger partial charge is 0.311 e. The van der Waals surface area contributed by atoms with Gasteiger partial charge >= 0.3 is 65.7 Å². The highest BCUT2D eigenvalue weighted by Gasteiger charge is 2.35. The van der Waals surface area contributed by atoms with E-state index in [0.717, 1.165) is 83.6 Å². The number of hydrogen-bond donors (Lipinski definition) is 8. The van der Waals surface area contributed by atoms with Crippen molar-refractivity contribution in [3.05, 3.63) is 30.3 Å². The second-order valence-electron chi connectivity index (χ2n) is 35.2. The van der Waals surface area contributed by atoms with Gasteiger partial charge in [0, 0.05) is 26.9 Å². The molecule has 1 heterocycles. The number of ether oxygens (including phenoxy) is 17. The SMILES string of the molecule is CCC(C)(C)C(=O)OCC(O)CO.CCC(C)(C)C(=O)OCCO.CCC(C)C(=O)OC(C)CO.CCC(C)C(=O)OCC(C)O.CCC(C)C(=O)OCC(O)COc1ccccc1.CCC(C)C(=O)OCC1(CC)COCOC1.CCC(C)C(=O)OCCCCO.CCC(C)C(=O)OCCN(C)C.CCC(C)C(=O)OCCO.CCC(C)C(=O)OCCOC.CCOCCOCCOC(=O)C(C)CC. The minimum atomic E-state index is -0.975. The summed E-state index contributed by atoms with van der Waals surface area (Å²) in [6.45, 7) is 59.2. The molecular formula is C103H197NO36. The number of rotatable bonds is 58. The number of carbonyl (C=O) groups is 11. The second kappa shape index (κ2) is 100. The van der Waals surface area contributed by atoms with E-state index in [2.05, 4.69) is 11.7 Å². The summed E-state index contributed by atoms with van der Waals surface area (Å²) >= 11 is 0. The van der Waals surface area contributed by atoms with Crippen LogP contribution in [0.1, 0.15) is 284 Å². The molecule has 0 aliphatic carbocycles. The van der Waals surface area contributed by atoms with Crippen LogP contribution in [0.3, 0.4) is 0 Å². The number of para-hydroxylation sites is 1. The molecule has 1 saturated heterocycles. The molecule has 0 saturated carbocycles. The van der Waals surface area contributed by atoms with Crippen LogP contribution in [0.5, 0.6) is 5.75 Å². The zero-order valence-corrected chi connectivity index (χ0v) is 91.9. The molecule has 1 aliphatic rings. The lowest BCUT2D eigenvalue weighted by atomic mass is 9.87. The van der Waals surface area contributed by atoms with Gasteiger partial charge in [-0.05, 0) is 165 Å². The average Bonchev–Trinajstić information content (AvgIpc) is 0.835. The third kappa shape index (κ3) is 93.0. The van der Waals surface area contributed by atoms with Crippen LogP contribution in [-0.2, 0) is 129 Å². The van der Waals surface area contributed by atoms with Crippen molar-refractivity contribution in [1.82, 2.24) is 4.90 Å². The van der Waals surface area contributed by atoms with Crippen molar-refractivity contribution in [2.45, 2.75) is 308 Å². The molecule has 0 radical (unpaired) electrons. The van der Waals surface area contributed by atoms with Crippen molar-refractivity contribution in [1.29, 1.82) is 0 Å². The molecule has 0 spiro atoms. The number of aliphatic hydroxyl groups excluding tert-OH is 8. The zero-order valence-electron chi connectivity index (χ0n) is 91.9. The highest BCUT2D eigenvalue weighted by atomic mass is 16.7. The van der Waals surface area contributed by atoms with E-state index in [4.69, 9.17) is 112 Å². The van der Waals surface area contributed by atoms with Crippen molar-refractivity contribution >= 4 is 65.7 Å². The van der Waals surface area contributed by atoms with Gasteiger partial charge in [-0.25, -0.2) is 0 Å². The van der Waals surface area contributed by atoms with E-state index >= 15 is 0 Å². The summed E-state index contributed by atoms with van der Waals surface area (Å²) in [6.07, 6.45) is 8.22. The van der Waals surface area contributed by atoms with E-state index < -0.39 is 29.1 Å². The predicted octanol–water partition coefficient (Wildman–Crippen LogP) is 13.1. The van der Waals surface area contributed by atoms with Crippen LogP contribution in [0, 0.1) is 69.5 Å². The van der Waals surface area contributed by atoms with Gasteiger partial charge in [0.2, 0.25) is 0 Å². The molecule has 0 bridgehead atoms. The highest BCUT2D eigenvalue weighted by molar-refractivity contribution is 5.77. The summed E-state index contributed by atoms with van der Waals surface area (Å²) in [5.74, 6) is -1.80. The van der Waals surface area contributed by atoms with Gasteiger partial charge < -0.3 is 126 Å². The van der Waals surface area contributed by atoms with Crippen LogP contribution in [-0.4, -0.2) is 322 Å². The zero-order chi connectivity index (χ0) is 110. The maximum absolute atomic E-state index is 11.6. The van der Waals surface area contributed by atoms with Crippen molar-refractivity contribution < 1.29 is 174 Å². The number of methoxy groups -OCH3 is 1. The molecule has 1 aromatic carbocycles. The van der Waals surface area contributed by atoms with Crippen molar-refractivity contribution in [3.63, 3.8) is 0 Å². The van der Waals surface area contributed by atoms with Crippen molar-refractivity contribution in [2.24, 2.45) is 69.5 Å². The number of hydrogen-bond acceptors (Lipinski definition) is 37. The van der Waals surface area contributed by atoms with Crippen LogP contribution in [0.25, 0.3) is 0 Å². The van der Waals surface area contributed by atoms with Crippen LogP contribution >= 0.6 is 0 Å². The summed E-state index contributed by atoms with van der Waals surface area (Å²) in [7, 11) is 5.49. The molecule has 0 aromatic heterocycles. The first-order chi connectivity index (χ1) is 65.9. The lowest BCUT2D eigenvalue weighted by Gasteiger charge is -2.35. The van der Waals surface area contributed by atoms with Crippen LogP contribution < -0.4 is 4.74 Å². The van der Waals surface area contributed by atoms with Crippen LogP contribution in [0.4, 0.5) is 0 Å². The van der Waals surface area contributed by atoms with Crippen LogP contribution in [0.15, 0.2) is 30.3 Å². The van der Waals surface area contributed by atoms with Gasteiger partial charge in [0.1, 0.15) is 96.9 Å². The maximum Gasteiger partial charge on any atom is 0.311 e. The summed E-state index contributed by atoms with van der Waals surface area (Å²) in [4.78, 5) is 124. The Kier molecular flexibility index (Phi) is 108. The van der Waals surface area contributed by atoms with E-state index in [1.165, 1.54) is 0 Å². The predicted molar refractivity (Wildman–Crippen MR) is 536 cm³/mol. The van der Waals surface area contributed by atoms with E-state index in [9.17, 15) is 57.8 Å². The molecule has 1 aromatic rings. The molecule has 0 amide bonds. The summed E-state index contributed by atoms with van der Waals surface area (Å²) in [5.41, 5.74) is -1.09. The van der Waals surface area contributed by atoms with Gasteiger partial charge in [-0.1, -0.05) is 164 Å². The number of unbranched alkanes of at least 4 members (excludes halogenated alkanes) is 1. The third-order valence-corrected chi connectivity index (χ3v) is 21.3.